The molecule has 0 unspecified atom stereocenters. The Bertz CT molecular complexity index is 878. The van der Waals surface area contributed by atoms with Crippen molar-refractivity contribution in [3.63, 3.8) is 0 Å². The van der Waals surface area contributed by atoms with E-state index < -0.39 is 0 Å². The number of aliphatic hydroxyl groups is 1. The maximum Gasteiger partial charge on any atom is 0.318 e. The van der Waals surface area contributed by atoms with Crippen molar-refractivity contribution in [1.82, 2.24) is 20.2 Å². The second-order valence-electron chi connectivity index (χ2n) is 7.32. The fourth-order valence-electron chi connectivity index (χ4n) is 3.22. The molecule has 0 aliphatic carbocycles. The lowest BCUT2D eigenvalue weighted by Gasteiger charge is -2.30. The number of aromatic nitrogens is 2. The Kier molecular flexibility index (Phi) is 7.16. The van der Waals surface area contributed by atoms with Crippen molar-refractivity contribution in [3.05, 3.63) is 51.3 Å². The van der Waals surface area contributed by atoms with Crippen LogP contribution in [0.3, 0.4) is 0 Å². The minimum Gasteiger partial charge on any atom is -0.396 e. The zero-order chi connectivity index (χ0) is 21.0. The van der Waals surface area contributed by atoms with Crippen LogP contribution in [0.5, 0.6) is 0 Å². The topological polar surface area (TPSA) is 90.4 Å². The molecule has 7 nitrogen and oxygen atoms in total. The Morgan fingerprint density at radius 1 is 1.31 bits per heavy atom. The summed E-state index contributed by atoms with van der Waals surface area (Å²) in [7, 11) is 0. The summed E-state index contributed by atoms with van der Waals surface area (Å²) in [6, 6.07) is 4.85. The summed E-state index contributed by atoms with van der Waals surface area (Å²) < 4.78 is 0. The molecule has 2 aromatic rings. The Morgan fingerprint density at radius 2 is 2.10 bits per heavy atom. The highest BCUT2D eigenvalue weighted by Gasteiger charge is 2.25. The highest BCUT2D eigenvalue weighted by molar-refractivity contribution is 6.42. The summed E-state index contributed by atoms with van der Waals surface area (Å²) in [5, 5.41) is 16.5. The Hall–Kier alpha value is -2.09. The third-order valence-corrected chi connectivity index (χ3v) is 5.45. The average molecular weight is 438 g/mol. The number of urea groups is 1. The summed E-state index contributed by atoms with van der Waals surface area (Å²) >= 11 is 12.1. The number of fused-ring (bicyclic) bond motifs is 1. The summed E-state index contributed by atoms with van der Waals surface area (Å²) in [6.07, 6.45) is 2.90. The van der Waals surface area contributed by atoms with E-state index in [1.54, 1.807) is 23.1 Å². The summed E-state index contributed by atoms with van der Waals surface area (Å²) in [5.41, 5.74) is 2.70. The normalized spacial score (nSPS) is 14.5. The molecule has 1 aliphatic rings. The first kappa shape index (κ1) is 21.6. The van der Waals surface area contributed by atoms with Gasteiger partial charge in [0.15, 0.2) is 0 Å². The van der Waals surface area contributed by atoms with Crippen molar-refractivity contribution in [2.45, 2.75) is 45.3 Å². The highest BCUT2D eigenvalue weighted by Crippen LogP contribution is 2.27. The van der Waals surface area contributed by atoms with E-state index in [9.17, 15) is 9.90 Å². The maximum atomic E-state index is 12.9. The number of halogens is 2. The zero-order valence-electron chi connectivity index (χ0n) is 16.5. The quantitative estimate of drug-likeness (QED) is 0.639. The van der Waals surface area contributed by atoms with E-state index in [0.29, 0.717) is 41.9 Å². The number of anilines is 1. The van der Waals surface area contributed by atoms with Gasteiger partial charge in [-0.05, 0) is 49.9 Å². The smallest absolute Gasteiger partial charge is 0.318 e. The van der Waals surface area contributed by atoms with Crippen molar-refractivity contribution in [2.75, 3.05) is 18.5 Å². The fourth-order valence-corrected chi connectivity index (χ4v) is 3.53. The highest BCUT2D eigenvalue weighted by atomic mass is 35.5. The van der Waals surface area contributed by atoms with Gasteiger partial charge in [0.25, 0.3) is 0 Å². The van der Waals surface area contributed by atoms with Gasteiger partial charge < -0.3 is 20.6 Å². The molecule has 1 atom stereocenters. The van der Waals surface area contributed by atoms with Gasteiger partial charge in [-0.3, -0.25) is 0 Å². The van der Waals surface area contributed by atoms with E-state index in [1.807, 2.05) is 20.0 Å². The lowest BCUT2D eigenvalue weighted by atomic mass is 10.0. The van der Waals surface area contributed by atoms with E-state index >= 15 is 0 Å². The molecule has 3 rings (SSSR count). The van der Waals surface area contributed by atoms with Crippen LogP contribution in [0.25, 0.3) is 0 Å². The SMILES string of the molecule is CC(C)Nc1ncc2c(n1)CN(C(=O)N[C@H](CCO)c1ccc(Cl)c(Cl)c1)CC2. The Balaban J connectivity index is 1.71. The van der Waals surface area contributed by atoms with Crippen LogP contribution in [0.2, 0.25) is 10.0 Å². The second-order valence-corrected chi connectivity index (χ2v) is 8.14. The molecule has 156 valence electrons. The number of carbonyl (C=O) groups is 1. The lowest BCUT2D eigenvalue weighted by Crippen LogP contribution is -2.44. The van der Waals surface area contributed by atoms with Crippen LogP contribution in [-0.2, 0) is 13.0 Å². The van der Waals surface area contributed by atoms with E-state index in [1.165, 1.54) is 0 Å². The fraction of sp³-hybridized carbons (Fsp3) is 0.450. The molecule has 1 aliphatic heterocycles. The van der Waals surface area contributed by atoms with E-state index in [-0.39, 0.29) is 24.7 Å². The lowest BCUT2D eigenvalue weighted by molar-refractivity contribution is 0.183. The molecular weight excluding hydrogens is 413 g/mol. The number of hydrogen-bond donors (Lipinski definition) is 3. The van der Waals surface area contributed by atoms with E-state index in [2.05, 4.69) is 20.6 Å². The third kappa shape index (κ3) is 5.50. The number of carbonyl (C=O) groups excluding carboxylic acids is 1. The van der Waals surface area contributed by atoms with Crippen LogP contribution in [-0.4, -0.2) is 45.2 Å². The molecule has 0 bridgehead atoms. The van der Waals surface area contributed by atoms with Gasteiger partial charge in [-0.25, -0.2) is 14.8 Å². The molecule has 9 heteroatoms. The van der Waals surface area contributed by atoms with Crippen LogP contribution in [0, 0.1) is 0 Å². The maximum absolute atomic E-state index is 12.9. The molecule has 0 saturated carbocycles. The number of hydrogen-bond acceptors (Lipinski definition) is 5. The molecule has 0 radical (unpaired) electrons. The molecule has 1 aromatic carbocycles. The van der Waals surface area contributed by atoms with Gasteiger partial charge >= 0.3 is 6.03 Å². The van der Waals surface area contributed by atoms with Crippen molar-refractivity contribution >= 4 is 35.2 Å². The zero-order valence-corrected chi connectivity index (χ0v) is 18.0. The van der Waals surface area contributed by atoms with Crippen LogP contribution in [0.4, 0.5) is 10.7 Å². The van der Waals surface area contributed by atoms with Gasteiger partial charge in [0.05, 0.1) is 28.3 Å². The molecule has 0 saturated heterocycles. The largest absolute Gasteiger partial charge is 0.396 e. The van der Waals surface area contributed by atoms with Gasteiger partial charge in [-0.2, -0.15) is 0 Å². The number of nitrogens with one attached hydrogen (secondary N) is 2. The van der Waals surface area contributed by atoms with Crippen LogP contribution < -0.4 is 10.6 Å². The predicted molar refractivity (Wildman–Crippen MR) is 114 cm³/mol. The van der Waals surface area contributed by atoms with Crippen molar-refractivity contribution in [1.29, 1.82) is 0 Å². The molecule has 29 heavy (non-hydrogen) atoms. The van der Waals surface area contributed by atoms with Gasteiger partial charge in [0, 0.05) is 25.4 Å². The Morgan fingerprint density at radius 3 is 2.79 bits per heavy atom. The molecule has 2 heterocycles. The molecule has 0 fully saturated rings. The minimum absolute atomic E-state index is 0.0640. The van der Waals surface area contributed by atoms with Gasteiger partial charge in [0.1, 0.15) is 0 Å². The average Bonchev–Trinajstić information content (AvgIpc) is 2.68. The molecule has 3 N–H and O–H groups in total. The molecule has 0 spiro atoms. The van der Waals surface area contributed by atoms with Crippen molar-refractivity contribution in [2.24, 2.45) is 0 Å². The second kappa shape index (κ2) is 9.61. The first-order valence-electron chi connectivity index (χ1n) is 9.60. The van der Waals surface area contributed by atoms with E-state index in [0.717, 1.165) is 16.8 Å². The number of rotatable bonds is 6. The third-order valence-electron chi connectivity index (χ3n) is 4.71. The Labute approximate surface area is 180 Å². The standard InChI is InChI=1S/C20H25Cl2N5O2/c1-12(2)24-19-23-10-14-5-7-27(11-18(14)25-19)20(29)26-17(6-8-28)13-3-4-15(21)16(22)9-13/h3-4,9-10,12,17,28H,5-8,11H2,1-2H3,(H,26,29)(H,23,24,25)/t17-/m1/s1. The number of benzene rings is 1. The number of aliphatic hydroxyl groups excluding tert-OH is 1. The summed E-state index contributed by atoms with van der Waals surface area (Å²) in [4.78, 5) is 23.5. The van der Waals surface area contributed by atoms with Crippen molar-refractivity contribution in [3.8, 4) is 0 Å². The van der Waals surface area contributed by atoms with Crippen LogP contribution in [0.15, 0.2) is 24.4 Å². The van der Waals surface area contributed by atoms with Gasteiger partial charge in [-0.1, -0.05) is 29.3 Å². The first-order chi connectivity index (χ1) is 13.9. The summed E-state index contributed by atoms with van der Waals surface area (Å²) in [6.45, 7) is 4.96. The minimum atomic E-state index is -0.368. The molecular formula is C20H25Cl2N5O2. The van der Waals surface area contributed by atoms with Crippen LogP contribution >= 0.6 is 23.2 Å². The van der Waals surface area contributed by atoms with Crippen molar-refractivity contribution < 1.29 is 9.90 Å². The van der Waals surface area contributed by atoms with Gasteiger partial charge in [-0.15, -0.1) is 0 Å². The molecule has 2 amide bonds. The number of amides is 2. The van der Waals surface area contributed by atoms with Gasteiger partial charge in [0.2, 0.25) is 5.95 Å². The first-order valence-corrected chi connectivity index (χ1v) is 10.4. The molecule has 1 aromatic heterocycles. The van der Waals surface area contributed by atoms with Crippen LogP contribution in [0.1, 0.15) is 43.1 Å². The monoisotopic (exact) mass is 437 g/mol. The predicted octanol–water partition coefficient (Wildman–Crippen LogP) is 3.80. The summed E-state index contributed by atoms with van der Waals surface area (Å²) in [5.74, 6) is 0.565. The van der Waals surface area contributed by atoms with E-state index in [4.69, 9.17) is 23.2 Å². The number of nitrogens with zero attached hydrogens (tertiary/aromatic N) is 3.